The first-order valence-electron chi connectivity index (χ1n) is 5.79. The summed E-state index contributed by atoms with van der Waals surface area (Å²) in [5.74, 6) is 0. The van der Waals surface area contributed by atoms with Gasteiger partial charge in [0.15, 0.2) is 0 Å². The SMILES string of the molecule is CCC(C)NCCNC1CCCC1. The van der Waals surface area contributed by atoms with Crippen LogP contribution in [0.2, 0.25) is 0 Å². The highest BCUT2D eigenvalue weighted by Crippen LogP contribution is 2.16. The minimum atomic E-state index is 0.672. The van der Waals surface area contributed by atoms with Gasteiger partial charge in [-0.15, -0.1) is 0 Å². The topological polar surface area (TPSA) is 24.1 Å². The van der Waals surface area contributed by atoms with Crippen LogP contribution in [0.3, 0.4) is 0 Å². The molecule has 1 rings (SSSR count). The van der Waals surface area contributed by atoms with Crippen LogP contribution in [0.4, 0.5) is 0 Å². The van der Waals surface area contributed by atoms with E-state index in [0.29, 0.717) is 6.04 Å². The molecule has 78 valence electrons. The molecule has 0 aromatic heterocycles. The lowest BCUT2D eigenvalue weighted by molar-refractivity contribution is 0.476. The molecule has 1 unspecified atom stereocenters. The molecule has 1 saturated carbocycles. The smallest absolute Gasteiger partial charge is 0.00794 e. The highest BCUT2D eigenvalue weighted by molar-refractivity contribution is 4.73. The summed E-state index contributed by atoms with van der Waals surface area (Å²) in [6.45, 7) is 6.72. The molecule has 0 aliphatic heterocycles. The molecule has 0 spiro atoms. The van der Waals surface area contributed by atoms with E-state index in [-0.39, 0.29) is 0 Å². The Hall–Kier alpha value is -0.0800. The normalized spacial score (nSPS) is 20.8. The van der Waals surface area contributed by atoms with E-state index in [0.717, 1.165) is 19.1 Å². The van der Waals surface area contributed by atoms with Gasteiger partial charge in [-0.25, -0.2) is 0 Å². The maximum atomic E-state index is 3.60. The van der Waals surface area contributed by atoms with Crippen LogP contribution >= 0.6 is 0 Å². The highest BCUT2D eigenvalue weighted by atomic mass is 15.0. The van der Waals surface area contributed by atoms with Crippen molar-refractivity contribution in [3.63, 3.8) is 0 Å². The first-order valence-corrected chi connectivity index (χ1v) is 5.79. The zero-order valence-corrected chi connectivity index (χ0v) is 9.10. The lowest BCUT2D eigenvalue weighted by Gasteiger charge is -2.14. The van der Waals surface area contributed by atoms with E-state index >= 15 is 0 Å². The van der Waals surface area contributed by atoms with Crippen LogP contribution in [0.1, 0.15) is 46.0 Å². The molecular weight excluding hydrogens is 160 g/mol. The van der Waals surface area contributed by atoms with E-state index in [9.17, 15) is 0 Å². The Labute approximate surface area is 82.5 Å². The van der Waals surface area contributed by atoms with E-state index in [2.05, 4.69) is 24.5 Å². The first-order chi connectivity index (χ1) is 6.33. The van der Waals surface area contributed by atoms with Gasteiger partial charge in [0.2, 0.25) is 0 Å². The molecule has 13 heavy (non-hydrogen) atoms. The molecule has 0 bridgehead atoms. The molecule has 2 heteroatoms. The molecule has 0 radical (unpaired) electrons. The van der Waals surface area contributed by atoms with Crippen molar-refractivity contribution in [2.45, 2.75) is 58.0 Å². The van der Waals surface area contributed by atoms with Gasteiger partial charge in [-0.1, -0.05) is 19.8 Å². The predicted molar refractivity (Wildman–Crippen MR) is 58.0 cm³/mol. The van der Waals surface area contributed by atoms with Gasteiger partial charge in [0.25, 0.3) is 0 Å². The van der Waals surface area contributed by atoms with Crippen molar-refractivity contribution in [2.24, 2.45) is 0 Å². The van der Waals surface area contributed by atoms with Crippen molar-refractivity contribution in [2.75, 3.05) is 13.1 Å². The Kier molecular flexibility index (Phi) is 5.40. The van der Waals surface area contributed by atoms with Gasteiger partial charge in [-0.2, -0.15) is 0 Å². The Morgan fingerprint density at radius 3 is 2.54 bits per heavy atom. The quantitative estimate of drug-likeness (QED) is 0.616. The lowest BCUT2D eigenvalue weighted by atomic mass is 10.2. The summed E-state index contributed by atoms with van der Waals surface area (Å²) >= 11 is 0. The molecule has 1 atom stereocenters. The summed E-state index contributed by atoms with van der Waals surface area (Å²) in [7, 11) is 0. The fourth-order valence-electron chi connectivity index (χ4n) is 1.87. The van der Waals surface area contributed by atoms with E-state index in [1.54, 1.807) is 0 Å². The maximum Gasteiger partial charge on any atom is 0.00794 e. The Morgan fingerprint density at radius 2 is 1.92 bits per heavy atom. The molecule has 1 fully saturated rings. The third-order valence-electron chi connectivity index (χ3n) is 3.02. The third-order valence-corrected chi connectivity index (χ3v) is 3.02. The fraction of sp³-hybridized carbons (Fsp3) is 1.00. The standard InChI is InChI=1S/C11H24N2/c1-3-10(2)12-8-9-13-11-6-4-5-7-11/h10-13H,3-9H2,1-2H3. The van der Waals surface area contributed by atoms with Crippen molar-refractivity contribution in [1.29, 1.82) is 0 Å². The summed E-state index contributed by atoms with van der Waals surface area (Å²) < 4.78 is 0. The molecule has 0 aromatic carbocycles. The molecule has 2 nitrogen and oxygen atoms in total. The Balaban J connectivity index is 1.88. The summed E-state index contributed by atoms with van der Waals surface area (Å²) in [6.07, 6.45) is 6.86. The first kappa shape index (κ1) is 11.0. The minimum absolute atomic E-state index is 0.672. The second-order valence-corrected chi connectivity index (χ2v) is 4.20. The average molecular weight is 184 g/mol. The van der Waals surface area contributed by atoms with Crippen molar-refractivity contribution in [3.05, 3.63) is 0 Å². The zero-order chi connectivity index (χ0) is 9.52. The highest BCUT2D eigenvalue weighted by Gasteiger charge is 2.13. The van der Waals surface area contributed by atoms with Gasteiger partial charge in [-0.05, 0) is 26.2 Å². The number of rotatable bonds is 6. The van der Waals surface area contributed by atoms with Crippen LogP contribution in [-0.4, -0.2) is 25.2 Å². The summed E-state index contributed by atoms with van der Waals surface area (Å²) in [4.78, 5) is 0. The molecule has 0 amide bonds. The van der Waals surface area contributed by atoms with Gasteiger partial charge in [-0.3, -0.25) is 0 Å². The van der Waals surface area contributed by atoms with Crippen LogP contribution < -0.4 is 10.6 Å². The molecule has 1 aliphatic rings. The Morgan fingerprint density at radius 1 is 1.23 bits per heavy atom. The van der Waals surface area contributed by atoms with Crippen molar-refractivity contribution < 1.29 is 0 Å². The number of nitrogens with one attached hydrogen (secondary N) is 2. The van der Waals surface area contributed by atoms with E-state index in [4.69, 9.17) is 0 Å². The van der Waals surface area contributed by atoms with E-state index < -0.39 is 0 Å². The van der Waals surface area contributed by atoms with Crippen LogP contribution in [0.25, 0.3) is 0 Å². The lowest BCUT2D eigenvalue weighted by Crippen LogP contribution is -2.36. The van der Waals surface area contributed by atoms with Crippen molar-refractivity contribution >= 4 is 0 Å². The van der Waals surface area contributed by atoms with Crippen LogP contribution in [0.5, 0.6) is 0 Å². The molecule has 2 N–H and O–H groups in total. The Bertz CT molecular complexity index is 119. The summed E-state index contributed by atoms with van der Waals surface area (Å²) in [5.41, 5.74) is 0. The fourth-order valence-corrected chi connectivity index (χ4v) is 1.87. The summed E-state index contributed by atoms with van der Waals surface area (Å²) in [6, 6.07) is 1.49. The van der Waals surface area contributed by atoms with Crippen molar-refractivity contribution in [1.82, 2.24) is 10.6 Å². The van der Waals surface area contributed by atoms with Crippen LogP contribution in [0.15, 0.2) is 0 Å². The van der Waals surface area contributed by atoms with Gasteiger partial charge in [0.05, 0.1) is 0 Å². The monoisotopic (exact) mass is 184 g/mol. The van der Waals surface area contributed by atoms with Gasteiger partial charge in [0, 0.05) is 25.2 Å². The third kappa shape index (κ3) is 4.63. The molecular formula is C11H24N2. The number of hydrogen-bond acceptors (Lipinski definition) is 2. The number of hydrogen-bond donors (Lipinski definition) is 2. The van der Waals surface area contributed by atoms with Gasteiger partial charge in [0.1, 0.15) is 0 Å². The maximum absolute atomic E-state index is 3.60. The van der Waals surface area contributed by atoms with Crippen LogP contribution in [0, 0.1) is 0 Å². The molecule has 1 aliphatic carbocycles. The predicted octanol–water partition coefficient (Wildman–Crippen LogP) is 1.91. The molecule has 0 heterocycles. The van der Waals surface area contributed by atoms with E-state index in [1.165, 1.54) is 32.1 Å². The van der Waals surface area contributed by atoms with Gasteiger partial charge < -0.3 is 10.6 Å². The largest absolute Gasteiger partial charge is 0.313 e. The van der Waals surface area contributed by atoms with E-state index in [1.807, 2.05) is 0 Å². The van der Waals surface area contributed by atoms with Gasteiger partial charge >= 0.3 is 0 Å². The second kappa shape index (κ2) is 6.39. The van der Waals surface area contributed by atoms with Crippen LogP contribution in [-0.2, 0) is 0 Å². The zero-order valence-electron chi connectivity index (χ0n) is 9.10. The minimum Gasteiger partial charge on any atom is -0.313 e. The summed E-state index contributed by atoms with van der Waals surface area (Å²) in [5, 5.41) is 7.09. The second-order valence-electron chi connectivity index (χ2n) is 4.20. The molecule has 0 saturated heterocycles. The van der Waals surface area contributed by atoms with Crippen molar-refractivity contribution in [3.8, 4) is 0 Å². The molecule has 0 aromatic rings. The average Bonchev–Trinajstić information content (AvgIpc) is 2.64.